The van der Waals surface area contributed by atoms with Crippen molar-refractivity contribution in [3.8, 4) is 0 Å². The number of non-ortho nitro benzene ring substituents is 1. The quantitative estimate of drug-likeness (QED) is 0.570. The number of benzene rings is 2. The van der Waals surface area contributed by atoms with Gasteiger partial charge in [0, 0.05) is 37.6 Å². The van der Waals surface area contributed by atoms with Crippen LogP contribution in [0, 0.1) is 10.1 Å². The van der Waals surface area contributed by atoms with E-state index in [1.54, 1.807) is 6.07 Å². The normalized spacial score (nSPS) is 10.6. The minimum Gasteiger partial charge on any atom is -0.378 e. The zero-order valence-corrected chi connectivity index (χ0v) is 12.2. The molecule has 7 nitrogen and oxygen atoms in total. The fraction of sp³-hybridized carbons (Fsp3) is 0.133. The van der Waals surface area contributed by atoms with Crippen LogP contribution in [0.15, 0.2) is 42.5 Å². The Kier molecular flexibility index (Phi) is 3.38. The molecule has 0 spiro atoms. The summed E-state index contributed by atoms with van der Waals surface area (Å²) in [6.07, 6.45) is 0. The van der Waals surface area contributed by atoms with E-state index in [4.69, 9.17) is 0 Å². The maximum Gasteiger partial charge on any atom is 0.271 e. The highest BCUT2D eigenvalue weighted by atomic mass is 16.6. The van der Waals surface area contributed by atoms with Crippen LogP contribution in [0.4, 0.5) is 23.0 Å². The van der Waals surface area contributed by atoms with Crippen molar-refractivity contribution in [2.24, 2.45) is 0 Å². The topological polar surface area (TPSA) is 87.1 Å². The van der Waals surface area contributed by atoms with Crippen molar-refractivity contribution < 1.29 is 4.92 Å². The standard InChI is InChI=1S/C15H15N5O2/c1-19(2)11-5-3-10(4-6-11)16-15-17-13-8-7-12(20(21)22)9-14(13)18-15/h3-9H,1-2H3,(H2,16,17,18). The smallest absolute Gasteiger partial charge is 0.271 e. The summed E-state index contributed by atoms with van der Waals surface area (Å²) in [4.78, 5) is 19.8. The van der Waals surface area contributed by atoms with E-state index in [9.17, 15) is 10.1 Å². The number of anilines is 3. The van der Waals surface area contributed by atoms with Crippen LogP contribution in [0.5, 0.6) is 0 Å². The molecule has 0 atom stereocenters. The molecule has 22 heavy (non-hydrogen) atoms. The maximum absolute atomic E-state index is 10.8. The van der Waals surface area contributed by atoms with Crippen LogP contribution in [0.1, 0.15) is 0 Å². The molecule has 2 aromatic carbocycles. The van der Waals surface area contributed by atoms with E-state index in [-0.39, 0.29) is 5.69 Å². The number of fused-ring (bicyclic) bond motifs is 1. The van der Waals surface area contributed by atoms with Crippen LogP contribution >= 0.6 is 0 Å². The average Bonchev–Trinajstić information content (AvgIpc) is 2.88. The molecule has 0 unspecified atom stereocenters. The predicted molar refractivity (Wildman–Crippen MR) is 86.8 cm³/mol. The Labute approximate surface area is 126 Å². The summed E-state index contributed by atoms with van der Waals surface area (Å²) in [5.74, 6) is 0.549. The van der Waals surface area contributed by atoms with Gasteiger partial charge >= 0.3 is 0 Å². The average molecular weight is 297 g/mol. The number of aromatic amines is 1. The minimum absolute atomic E-state index is 0.0398. The fourth-order valence-corrected chi connectivity index (χ4v) is 2.15. The highest BCUT2D eigenvalue weighted by Gasteiger charge is 2.09. The summed E-state index contributed by atoms with van der Waals surface area (Å²) in [6.45, 7) is 0. The van der Waals surface area contributed by atoms with Crippen molar-refractivity contribution in [2.75, 3.05) is 24.3 Å². The fourth-order valence-electron chi connectivity index (χ4n) is 2.15. The van der Waals surface area contributed by atoms with E-state index in [1.165, 1.54) is 12.1 Å². The van der Waals surface area contributed by atoms with Gasteiger partial charge < -0.3 is 15.2 Å². The van der Waals surface area contributed by atoms with E-state index in [2.05, 4.69) is 15.3 Å². The lowest BCUT2D eigenvalue weighted by Crippen LogP contribution is -2.08. The molecule has 0 saturated heterocycles. The molecular weight excluding hydrogens is 282 g/mol. The van der Waals surface area contributed by atoms with Crippen molar-refractivity contribution in [1.82, 2.24) is 9.97 Å². The number of nitrogens with one attached hydrogen (secondary N) is 2. The van der Waals surface area contributed by atoms with Gasteiger partial charge in [-0.05, 0) is 30.3 Å². The van der Waals surface area contributed by atoms with Crippen molar-refractivity contribution in [2.45, 2.75) is 0 Å². The number of rotatable bonds is 4. The van der Waals surface area contributed by atoms with E-state index < -0.39 is 4.92 Å². The largest absolute Gasteiger partial charge is 0.378 e. The van der Waals surface area contributed by atoms with Crippen LogP contribution in [0.3, 0.4) is 0 Å². The maximum atomic E-state index is 10.8. The third-order valence-corrected chi connectivity index (χ3v) is 3.32. The Bertz CT molecular complexity index is 824. The van der Waals surface area contributed by atoms with Gasteiger partial charge in [0.05, 0.1) is 16.0 Å². The zero-order chi connectivity index (χ0) is 15.7. The van der Waals surface area contributed by atoms with Crippen LogP contribution < -0.4 is 10.2 Å². The molecule has 0 fully saturated rings. The summed E-state index contributed by atoms with van der Waals surface area (Å²) in [5, 5.41) is 13.9. The molecule has 7 heteroatoms. The van der Waals surface area contributed by atoms with Gasteiger partial charge in [-0.15, -0.1) is 0 Å². The number of nitro benzene ring substituents is 1. The van der Waals surface area contributed by atoms with Crippen molar-refractivity contribution in [3.63, 3.8) is 0 Å². The minimum atomic E-state index is -0.423. The number of H-pyrrole nitrogens is 1. The van der Waals surface area contributed by atoms with Gasteiger partial charge in [-0.3, -0.25) is 10.1 Å². The summed E-state index contributed by atoms with van der Waals surface area (Å²) in [7, 11) is 3.96. The lowest BCUT2D eigenvalue weighted by atomic mass is 10.2. The Hall–Kier alpha value is -3.09. The predicted octanol–water partition coefficient (Wildman–Crippen LogP) is 3.28. The molecule has 0 radical (unpaired) electrons. The molecule has 1 aromatic heterocycles. The number of hydrogen-bond acceptors (Lipinski definition) is 5. The lowest BCUT2D eigenvalue weighted by Gasteiger charge is -2.12. The third-order valence-electron chi connectivity index (χ3n) is 3.32. The Morgan fingerprint density at radius 2 is 1.91 bits per heavy atom. The van der Waals surface area contributed by atoms with E-state index >= 15 is 0 Å². The molecule has 2 N–H and O–H groups in total. The first-order chi connectivity index (χ1) is 10.5. The van der Waals surface area contributed by atoms with Crippen molar-refractivity contribution >= 4 is 34.0 Å². The molecule has 0 aliphatic heterocycles. The molecule has 1 heterocycles. The number of imidazole rings is 1. The summed E-state index contributed by atoms with van der Waals surface area (Å²) < 4.78 is 0. The van der Waals surface area contributed by atoms with Crippen molar-refractivity contribution in [3.05, 3.63) is 52.6 Å². The van der Waals surface area contributed by atoms with Gasteiger partial charge in [0.25, 0.3) is 5.69 Å². The first-order valence-electron chi connectivity index (χ1n) is 6.71. The lowest BCUT2D eigenvalue weighted by molar-refractivity contribution is -0.384. The van der Waals surface area contributed by atoms with Gasteiger partial charge in [0.2, 0.25) is 5.95 Å². The number of aromatic nitrogens is 2. The number of nitrogens with zero attached hydrogens (tertiary/aromatic N) is 3. The van der Waals surface area contributed by atoms with Crippen LogP contribution in [-0.4, -0.2) is 29.0 Å². The Morgan fingerprint density at radius 3 is 2.55 bits per heavy atom. The van der Waals surface area contributed by atoms with Crippen LogP contribution in [0.25, 0.3) is 11.0 Å². The van der Waals surface area contributed by atoms with Crippen molar-refractivity contribution in [1.29, 1.82) is 0 Å². The molecule has 112 valence electrons. The molecule has 0 saturated carbocycles. The number of hydrogen-bond donors (Lipinski definition) is 2. The van der Waals surface area contributed by atoms with Crippen LogP contribution in [0.2, 0.25) is 0 Å². The Morgan fingerprint density at radius 1 is 1.18 bits per heavy atom. The second-order valence-corrected chi connectivity index (χ2v) is 5.11. The second kappa shape index (κ2) is 5.36. The molecule has 0 aliphatic rings. The summed E-state index contributed by atoms with van der Waals surface area (Å²) in [6, 6.07) is 12.4. The number of nitro groups is 1. The molecule has 3 rings (SSSR count). The summed E-state index contributed by atoms with van der Waals surface area (Å²) >= 11 is 0. The SMILES string of the molecule is CN(C)c1ccc(Nc2nc3ccc([N+](=O)[O-])cc3[nH]2)cc1. The Balaban J connectivity index is 1.85. The molecule has 0 amide bonds. The second-order valence-electron chi connectivity index (χ2n) is 5.11. The van der Waals surface area contributed by atoms with Crippen LogP contribution in [-0.2, 0) is 0 Å². The molecular formula is C15H15N5O2. The van der Waals surface area contributed by atoms with Gasteiger partial charge in [-0.1, -0.05) is 0 Å². The van der Waals surface area contributed by atoms with E-state index in [0.29, 0.717) is 17.0 Å². The summed E-state index contributed by atoms with van der Waals surface area (Å²) in [5.41, 5.74) is 3.34. The molecule has 0 aliphatic carbocycles. The zero-order valence-electron chi connectivity index (χ0n) is 12.2. The third kappa shape index (κ3) is 2.69. The molecule has 0 bridgehead atoms. The van der Waals surface area contributed by atoms with E-state index in [1.807, 2.05) is 43.3 Å². The first-order valence-corrected chi connectivity index (χ1v) is 6.71. The molecule has 3 aromatic rings. The van der Waals surface area contributed by atoms with Gasteiger partial charge in [0.1, 0.15) is 0 Å². The van der Waals surface area contributed by atoms with Gasteiger partial charge in [0.15, 0.2) is 0 Å². The van der Waals surface area contributed by atoms with Gasteiger partial charge in [-0.25, -0.2) is 4.98 Å². The highest BCUT2D eigenvalue weighted by Crippen LogP contribution is 2.23. The van der Waals surface area contributed by atoms with Gasteiger partial charge in [-0.2, -0.15) is 0 Å². The van der Waals surface area contributed by atoms with E-state index in [0.717, 1.165) is 11.4 Å². The highest BCUT2D eigenvalue weighted by molar-refractivity contribution is 5.80. The monoisotopic (exact) mass is 297 g/mol. The first kappa shape index (κ1) is 13.9.